The average Bonchev–Trinajstić information content (AvgIpc) is 2.99. The lowest BCUT2D eigenvalue weighted by atomic mass is 10.1. The summed E-state index contributed by atoms with van der Waals surface area (Å²) in [5.74, 6) is 0.848. The first kappa shape index (κ1) is 20.3. The summed E-state index contributed by atoms with van der Waals surface area (Å²) in [5, 5.41) is 14.0. The summed E-state index contributed by atoms with van der Waals surface area (Å²) in [6.07, 6.45) is 1.70. The van der Waals surface area contributed by atoms with Gasteiger partial charge in [0.05, 0.1) is 12.0 Å². The molecule has 0 spiro atoms. The van der Waals surface area contributed by atoms with Crippen molar-refractivity contribution >= 4 is 35.0 Å². The van der Waals surface area contributed by atoms with Gasteiger partial charge in [-0.15, -0.1) is 0 Å². The molecule has 150 valence electrons. The minimum Gasteiger partial charge on any atom is -0.493 e. The summed E-state index contributed by atoms with van der Waals surface area (Å²) >= 11 is 5.15. The Morgan fingerprint density at radius 1 is 1.21 bits per heavy atom. The van der Waals surface area contributed by atoms with Gasteiger partial charge in [-0.1, -0.05) is 6.07 Å². The number of nitro groups is 1. The van der Waals surface area contributed by atoms with Crippen LogP contribution in [0.4, 0.5) is 5.69 Å². The maximum absolute atomic E-state index is 12.3. The Hall–Kier alpha value is -3.46. The molecule has 0 aliphatic carbocycles. The van der Waals surface area contributed by atoms with Crippen LogP contribution in [0.5, 0.6) is 11.5 Å². The SMILES string of the molecule is CCN1C(=O)/C(=C\c2ccc(OCc3ccc([N+](=O)[O-])cc3)c(OC)c2)NC1=S. The van der Waals surface area contributed by atoms with Crippen molar-refractivity contribution in [3.05, 3.63) is 69.4 Å². The van der Waals surface area contributed by atoms with Crippen LogP contribution in [0.25, 0.3) is 6.08 Å². The third-order valence-corrected chi connectivity index (χ3v) is 4.64. The number of carbonyl (C=O) groups excluding carboxylic acids is 1. The molecule has 1 fully saturated rings. The Morgan fingerprint density at radius 2 is 1.93 bits per heavy atom. The molecule has 2 aromatic carbocycles. The van der Waals surface area contributed by atoms with Crippen LogP contribution in [0.2, 0.25) is 0 Å². The highest BCUT2D eigenvalue weighted by Gasteiger charge is 2.29. The highest BCUT2D eigenvalue weighted by molar-refractivity contribution is 7.80. The van der Waals surface area contributed by atoms with E-state index in [2.05, 4.69) is 5.32 Å². The van der Waals surface area contributed by atoms with Crippen molar-refractivity contribution in [1.82, 2.24) is 10.2 Å². The van der Waals surface area contributed by atoms with E-state index in [0.29, 0.717) is 28.9 Å². The number of rotatable bonds is 7. The molecule has 3 rings (SSSR count). The van der Waals surface area contributed by atoms with Crippen molar-refractivity contribution < 1.29 is 19.2 Å². The van der Waals surface area contributed by atoms with Gasteiger partial charge in [-0.2, -0.15) is 0 Å². The molecule has 0 radical (unpaired) electrons. The van der Waals surface area contributed by atoms with Crippen LogP contribution in [-0.2, 0) is 11.4 Å². The first-order chi connectivity index (χ1) is 13.9. The van der Waals surface area contributed by atoms with Crippen LogP contribution in [0, 0.1) is 10.1 Å². The summed E-state index contributed by atoms with van der Waals surface area (Å²) in [6, 6.07) is 11.4. The first-order valence-corrected chi connectivity index (χ1v) is 9.22. The fourth-order valence-electron chi connectivity index (χ4n) is 2.79. The van der Waals surface area contributed by atoms with E-state index < -0.39 is 4.92 Å². The van der Waals surface area contributed by atoms with Crippen LogP contribution < -0.4 is 14.8 Å². The molecule has 0 aromatic heterocycles. The maximum atomic E-state index is 12.3. The fraction of sp³-hybridized carbons (Fsp3) is 0.200. The van der Waals surface area contributed by atoms with Crippen molar-refractivity contribution in [3.63, 3.8) is 0 Å². The molecule has 9 heteroatoms. The molecule has 1 aliphatic rings. The highest BCUT2D eigenvalue weighted by atomic mass is 32.1. The number of non-ortho nitro benzene ring substituents is 1. The van der Waals surface area contributed by atoms with Crippen LogP contribution in [0.15, 0.2) is 48.2 Å². The Labute approximate surface area is 172 Å². The van der Waals surface area contributed by atoms with E-state index in [0.717, 1.165) is 11.1 Å². The van der Waals surface area contributed by atoms with E-state index in [4.69, 9.17) is 21.7 Å². The minimum absolute atomic E-state index is 0.0277. The zero-order valence-corrected chi connectivity index (χ0v) is 16.7. The topological polar surface area (TPSA) is 93.9 Å². The van der Waals surface area contributed by atoms with E-state index >= 15 is 0 Å². The number of carbonyl (C=O) groups is 1. The van der Waals surface area contributed by atoms with Crippen molar-refractivity contribution in [2.24, 2.45) is 0 Å². The lowest BCUT2D eigenvalue weighted by Crippen LogP contribution is -2.30. The van der Waals surface area contributed by atoms with E-state index in [1.165, 1.54) is 24.1 Å². The van der Waals surface area contributed by atoms with Crippen LogP contribution in [0.1, 0.15) is 18.1 Å². The van der Waals surface area contributed by atoms with Gasteiger partial charge in [0.2, 0.25) is 0 Å². The molecule has 0 unspecified atom stereocenters. The van der Waals surface area contributed by atoms with Gasteiger partial charge in [0.15, 0.2) is 16.6 Å². The van der Waals surface area contributed by atoms with Crippen LogP contribution >= 0.6 is 12.2 Å². The maximum Gasteiger partial charge on any atom is 0.276 e. The summed E-state index contributed by atoms with van der Waals surface area (Å²) in [7, 11) is 1.53. The molecule has 8 nitrogen and oxygen atoms in total. The molecular weight excluding hydrogens is 394 g/mol. The summed E-state index contributed by atoms with van der Waals surface area (Å²) < 4.78 is 11.2. The molecule has 1 N–H and O–H groups in total. The molecule has 1 amide bonds. The van der Waals surface area contributed by atoms with Gasteiger partial charge in [0.25, 0.3) is 11.6 Å². The van der Waals surface area contributed by atoms with Crippen molar-refractivity contribution in [2.75, 3.05) is 13.7 Å². The second-order valence-electron chi connectivity index (χ2n) is 6.16. The normalized spacial score (nSPS) is 14.8. The van der Waals surface area contributed by atoms with Crippen LogP contribution in [-0.4, -0.2) is 34.5 Å². The summed E-state index contributed by atoms with van der Waals surface area (Å²) in [6.45, 7) is 2.59. The Bertz CT molecular complexity index is 988. The fourth-order valence-corrected chi connectivity index (χ4v) is 3.12. The smallest absolute Gasteiger partial charge is 0.276 e. The number of nitro benzene ring substituents is 1. The Morgan fingerprint density at radius 3 is 2.52 bits per heavy atom. The van der Waals surface area contributed by atoms with E-state index in [9.17, 15) is 14.9 Å². The summed E-state index contributed by atoms with van der Waals surface area (Å²) in [5.41, 5.74) is 1.97. The first-order valence-electron chi connectivity index (χ1n) is 8.81. The second kappa shape index (κ2) is 8.70. The van der Waals surface area contributed by atoms with Gasteiger partial charge in [-0.3, -0.25) is 19.8 Å². The quantitative estimate of drug-likeness (QED) is 0.322. The number of nitrogens with zero attached hydrogens (tertiary/aromatic N) is 2. The zero-order valence-electron chi connectivity index (χ0n) is 15.9. The van der Waals surface area contributed by atoms with Gasteiger partial charge < -0.3 is 14.8 Å². The number of hydrogen-bond donors (Lipinski definition) is 1. The monoisotopic (exact) mass is 413 g/mol. The lowest BCUT2D eigenvalue weighted by Gasteiger charge is -2.11. The largest absolute Gasteiger partial charge is 0.493 e. The lowest BCUT2D eigenvalue weighted by molar-refractivity contribution is -0.384. The number of likely N-dealkylation sites (N-methyl/N-ethyl adjacent to an activating group) is 1. The molecule has 1 heterocycles. The van der Waals surface area contributed by atoms with Crippen LogP contribution in [0.3, 0.4) is 0 Å². The highest BCUT2D eigenvalue weighted by Crippen LogP contribution is 2.30. The number of ether oxygens (including phenoxy) is 2. The molecule has 2 aromatic rings. The third-order valence-electron chi connectivity index (χ3n) is 4.32. The molecular formula is C20H19N3O5S. The molecule has 29 heavy (non-hydrogen) atoms. The number of thiocarbonyl (C=S) groups is 1. The van der Waals surface area contributed by atoms with Crippen molar-refractivity contribution in [1.29, 1.82) is 0 Å². The molecule has 0 saturated carbocycles. The van der Waals surface area contributed by atoms with E-state index in [1.54, 1.807) is 36.4 Å². The van der Waals surface area contributed by atoms with E-state index in [1.807, 2.05) is 6.92 Å². The predicted molar refractivity (Wildman–Crippen MR) is 112 cm³/mol. The molecule has 0 bridgehead atoms. The number of amides is 1. The number of nitrogens with one attached hydrogen (secondary N) is 1. The third kappa shape index (κ3) is 4.52. The zero-order chi connectivity index (χ0) is 21.0. The number of hydrogen-bond acceptors (Lipinski definition) is 6. The van der Waals surface area contributed by atoms with Crippen molar-refractivity contribution in [2.45, 2.75) is 13.5 Å². The standard InChI is InChI=1S/C20H19N3O5S/c1-3-22-19(24)16(21-20(22)29)10-14-6-9-17(18(11-14)27-2)28-12-13-4-7-15(8-5-13)23(25)26/h4-11H,3,12H2,1-2H3,(H,21,29)/b16-10+. The predicted octanol–water partition coefficient (Wildman–Crippen LogP) is 3.26. The second-order valence-corrected chi connectivity index (χ2v) is 6.55. The van der Waals surface area contributed by atoms with Crippen molar-refractivity contribution in [3.8, 4) is 11.5 Å². The van der Waals surface area contributed by atoms with Gasteiger partial charge >= 0.3 is 0 Å². The van der Waals surface area contributed by atoms with Gasteiger partial charge in [-0.05, 0) is 60.6 Å². The summed E-state index contributed by atoms with van der Waals surface area (Å²) in [4.78, 5) is 24.1. The van der Waals surface area contributed by atoms with E-state index in [-0.39, 0.29) is 18.2 Å². The Kier molecular flexibility index (Phi) is 6.08. The average molecular weight is 413 g/mol. The Balaban J connectivity index is 1.74. The number of benzene rings is 2. The number of methoxy groups -OCH3 is 1. The molecule has 1 saturated heterocycles. The van der Waals surface area contributed by atoms with Gasteiger partial charge in [0, 0.05) is 18.7 Å². The molecule has 0 atom stereocenters. The minimum atomic E-state index is -0.447. The van der Waals surface area contributed by atoms with Gasteiger partial charge in [-0.25, -0.2) is 0 Å². The van der Waals surface area contributed by atoms with Gasteiger partial charge in [0.1, 0.15) is 12.3 Å². The molecule has 1 aliphatic heterocycles.